The maximum absolute atomic E-state index is 6.10. The molecule has 6 nitrogen and oxygen atoms in total. The van der Waals surface area contributed by atoms with Gasteiger partial charge >= 0.3 is 0 Å². The summed E-state index contributed by atoms with van der Waals surface area (Å²) in [6, 6.07) is 0. The molecule has 2 aliphatic rings. The molecule has 6 N–H and O–H groups in total. The zero-order valence-corrected chi connectivity index (χ0v) is 9.45. The van der Waals surface area contributed by atoms with Crippen molar-refractivity contribution in [3.8, 4) is 0 Å². The average molecular weight is 224 g/mol. The molecule has 0 bridgehead atoms. The van der Waals surface area contributed by atoms with E-state index in [0.717, 1.165) is 32.5 Å². The lowest BCUT2D eigenvalue weighted by molar-refractivity contribution is 0.241. The summed E-state index contributed by atoms with van der Waals surface area (Å²) in [5.41, 5.74) is 14.4. The van der Waals surface area contributed by atoms with Gasteiger partial charge in [-0.2, -0.15) is 0 Å². The van der Waals surface area contributed by atoms with E-state index in [0.29, 0.717) is 5.96 Å². The Balaban J connectivity index is 1.76. The first-order chi connectivity index (χ1) is 7.68. The third-order valence-corrected chi connectivity index (χ3v) is 2.88. The fourth-order valence-electron chi connectivity index (χ4n) is 2.03. The van der Waals surface area contributed by atoms with E-state index >= 15 is 0 Å². The van der Waals surface area contributed by atoms with Crippen molar-refractivity contribution in [1.29, 1.82) is 0 Å². The van der Waals surface area contributed by atoms with Gasteiger partial charge in [-0.15, -0.1) is 0 Å². The average Bonchev–Trinajstić information content (AvgIpc) is 2.69. The topological polar surface area (TPSA) is 91.7 Å². The SMILES string of the molecule is NC1=NC(N)(CCCN2CCCN2)C=CN1. The zero-order chi connectivity index (χ0) is 11.4. The van der Waals surface area contributed by atoms with Crippen LogP contribution >= 0.6 is 0 Å². The molecule has 2 heterocycles. The quantitative estimate of drug-likeness (QED) is 0.495. The van der Waals surface area contributed by atoms with Crippen LogP contribution in [0.25, 0.3) is 0 Å². The number of hydrogen-bond acceptors (Lipinski definition) is 6. The van der Waals surface area contributed by atoms with Crippen molar-refractivity contribution in [1.82, 2.24) is 15.8 Å². The Hall–Kier alpha value is -1.11. The smallest absolute Gasteiger partial charge is 0.194 e. The molecule has 1 fully saturated rings. The largest absolute Gasteiger partial charge is 0.370 e. The van der Waals surface area contributed by atoms with Gasteiger partial charge < -0.3 is 16.8 Å². The Labute approximate surface area is 95.7 Å². The zero-order valence-electron chi connectivity index (χ0n) is 9.45. The Bertz CT molecular complexity index is 294. The molecule has 2 aliphatic heterocycles. The van der Waals surface area contributed by atoms with Crippen LogP contribution in [0.5, 0.6) is 0 Å². The molecule has 0 spiro atoms. The van der Waals surface area contributed by atoms with Crippen molar-refractivity contribution < 1.29 is 0 Å². The summed E-state index contributed by atoms with van der Waals surface area (Å²) in [6.45, 7) is 3.22. The van der Waals surface area contributed by atoms with E-state index < -0.39 is 5.66 Å². The van der Waals surface area contributed by atoms with E-state index in [2.05, 4.69) is 20.7 Å². The van der Waals surface area contributed by atoms with Crippen molar-refractivity contribution in [2.45, 2.75) is 24.9 Å². The Morgan fingerprint density at radius 3 is 3.12 bits per heavy atom. The number of aliphatic imine (C=N–C) groups is 1. The van der Waals surface area contributed by atoms with Crippen molar-refractivity contribution in [2.75, 3.05) is 19.6 Å². The molecule has 0 aliphatic carbocycles. The van der Waals surface area contributed by atoms with Crippen LogP contribution in [-0.2, 0) is 0 Å². The Morgan fingerprint density at radius 1 is 1.56 bits per heavy atom. The lowest BCUT2D eigenvalue weighted by atomic mass is 10.0. The molecule has 1 unspecified atom stereocenters. The van der Waals surface area contributed by atoms with Crippen LogP contribution in [0.15, 0.2) is 17.3 Å². The summed E-state index contributed by atoms with van der Waals surface area (Å²) >= 11 is 0. The highest BCUT2D eigenvalue weighted by atomic mass is 15.5. The molecule has 0 saturated carbocycles. The molecule has 2 rings (SSSR count). The third kappa shape index (κ3) is 2.94. The highest BCUT2D eigenvalue weighted by Crippen LogP contribution is 2.15. The summed E-state index contributed by atoms with van der Waals surface area (Å²) < 4.78 is 0. The maximum atomic E-state index is 6.10. The van der Waals surface area contributed by atoms with Crippen LogP contribution in [0.2, 0.25) is 0 Å². The van der Waals surface area contributed by atoms with Gasteiger partial charge in [0, 0.05) is 25.8 Å². The first kappa shape index (κ1) is 11.4. The van der Waals surface area contributed by atoms with Crippen molar-refractivity contribution in [2.24, 2.45) is 16.5 Å². The Morgan fingerprint density at radius 2 is 2.44 bits per heavy atom. The molecule has 1 saturated heterocycles. The molecular weight excluding hydrogens is 204 g/mol. The van der Waals surface area contributed by atoms with Gasteiger partial charge in [0.05, 0.1) is 0 Å². The first-order valence-corrected chi connectivity index (χ1v) is 5.75. The predicted molar refractivity (Wildman–Crippen MR) is 64.2 cm³/mol. The summed E-state index contributed by atoms with van der Waals surface area (Å²) in [5.74, 6) is 0.393. The van der Waals surface area contributed by atoms with Crippen molar-refractivity contribution in [3.05, 3.63) is 12.3 Å². The summed E-state index contributed by atoms with van der Waals surface area (Å²) in [4.78, 5) is 4.21. The van der Waals surface area contributed by atoms with Crippen molar-refractivity contribution in [3.63, 3.8) is 0 Å². The standard InChI is InChI=1S/C10H20N6/c11-9-13-6-4-10(12,15-9)3-1-7-16-8-2-5-14-16/h4,6,14H,1-3,5,7-8,12H2,(H3,11,13,15). The number of nitrogens with one attached hydrogen (secondary N) is 2. The number of rotatable bonds is 4. The minimum Gasteiger partial charge on any atom is -0.370 e. The van der Waals surface area contributed by atoms with E-state index in [9.17, 15) is 0 Å². The maximum Gasteiger partial charge on any atom is 0.194 e. The number of guanidine groups is 1. The Kier molecular flexibility index (Phi) is 3.42. The van der Waals surface area contributed by atoms with E-state index in [4.69, 9.17) is 11.5 Å². The highest BCUT2D eigenvalue weighted by molar-refractivity contribution is 5.80. The molecule has 6 heteroatoms. The molecule has 1 atom stereocenters. The van der Waals surface area contributed by atoms with Gasteiger partial charge in [0.2, 0.25) is 0 Å². The van der Waals surface area contributed by atoms with Crippen LogP contribution in [0, 0.1) is 0 Å². The van der Waals surface area contributed by atoms with Gasteiger partial charge in [0.1, 0.15) is 5.66 Å². The number of hydrogen-bond donors (Lipinski definition) is 4. The fourth-order valence-corrected chi connectivity index (χ4v) is 2.03. The lowest BCUT2D eigenvalue weighted by Gasteiger charge is -2.26. The van der Waals surface area contributed by atoms with Gasteiger partial charge in [-0.1, -0.05) is 0 Å². The van der Waals surface area contributed by atoms with Gasteiger partial charge in [-0.05, 0) is 25.3 Å². The second-order valence-electron chi connectivity index (χ2n) is 4.32. The van der Waals surface area contributed by atoms with Gasteiger partial charge in [0.15, 0.2) is 5.96 Å². The fraction of sp³-hybridized carbons (Fsp3) is 0.700. The molecule has 0 aromatic carbocycles. The summed E-state index contributed by atoms with van der Waals surface area (Å²) in [5, 5.41) is 5.05. The van der Waals surface area contributed by atoms with Crippen LogP contribution in [0.3, 0.4) is 0 Å². The summed E-state index contributed by atoms with van der Waals surface area (Å²) in [7, 11) is 0. The number of hydrazine groups is 1. The predicted octanol–water partition coefficient (Wildman–Crippen LogP) is -0.936. The summed E-state index contributed by atoms with van der Waals surface area (Å²) in [6.07, 6.45) is 6.66. The third-order valence-electron chi connectivity index (χ3n) is 2.88. The van der Waals surface area contributed by atoms with E-state index in [1.54, 1.807) is 6.20 Å². The monoisotopic (exact) mass is 224 g/mol. The van der Waals surface area contributed by atoms with Gasteiger partial charge in [-0.3, -0.25) is 5.43 Å². The van der Waals surface area contributed by atoms with Crippen LogP contribution in [0.1, 0.15) is 19.3 Å². The van der Waals surface area contributed by atoms with E-state index in [1.165, 1.54) is 6.42 Å². The van der Waals surface area contributed by atoms with E-state index in [1.807, 2.05) is 6.08 Å². The molecule has 0 amide bonds. The minimum absolute atomic E-state index is 0.393. The van der Waals surface area contributed by atoms with Crippen LogP contribution in [-0.4, -0.2) is 36.3 Å². The normalized spacial score (nSPS) is 30.2. The van der Waals surface area contributed by atoms with Gasteiger partial charge in [-0.25, -0.2) is 10.0 Å². The second kappa shape index (κ2) is 4.82. The minimum atomic E-state index is -0.630. The molecular formula is C10H20N6. The highest BCUT2D eigenvalue weighted by Gasteiger charge is 2.23. The molecule has 0 aromatic rings. The molecule has 90 valence electrons. The van der Waals surface area contributed by atoms with E-state index in [-0.39, 0.29) is 0 Å². The number of nitrogens with two attached hydrogens (primary N) is 2. The van der Waals surface area contributed by atoms with Crippen LogP contribution < -0.4 is 22.2 Å². The lowest BCUT2D eigenvalue weighted by Crippen LogP contribution is -2.45. The van der Waals surface area contributed by atoms with Crippen LogP contribution in [0.4, 0.5) is 0 Å². The first-order valence-electron chi connectivity index (χ1n) is 5.75. The molecule has 0 radical (unpaired) electrons. The second-order valence-corrected chi connectivity index (χ2v) is 4.32. The molecule has 16 heavy (non-hydrogen) atoms. The molecule has 0 aromatic heterocycles. The number of nitrogens with zero attached hydrogens (tertiary/aromatic N) is 2. The van der Waals surface area contributed by atoms with Crippen molar-refractivity contribution >= 4 is 5.96 Å². The van der Waals surface area contributed by atoms with Gasteiger partial charge in [0.25, 0.3) is 0 Å².